The molecule has 0 amide bonds. The Bertz CT molecular complexity index is 758. The van der Waals surface area contributed by atoms with Gasteiger partial charge in [-0.15, -0.1) is 0 Å². The maximum Gasteiger partial charge on any atom is 0.138 e. The van der Waals surface area contributed by atoms with Crippen LogP contribution in [-0.2, 0) is 0 Å². The van der Waals surface area contributed by atoms with Gasteiger partial charge in [-0.2, -0.15) is 10.5 Å². The van der Waals surface area contributed by atoms with Crippen LogP contribution in [0.5, 0.6) is 11.5 Å². The summed E-state index contributed by atoms with van der Waals surface area (Å²) in [5.41, 5.74) is 1.62. The van der Waals surface area contributed by atoms with E-state index in [1.165, 1.54) is 0 Å². The summed E-state index contributed by atoms with van der Waals surface area (Å²) in [5.74, 6) is 1.16. The quantitative estimate of drug-likeness (QED) is 0.767. The first kappa shape index (κ1) is 16.2. The van der Waals surface area contributed by atoms with Gasteiger partial charge in [-0.25, -0.2) is 0 Å². The molecular weight excluding hydrogens is 290 g/mol. The van der Waals surface area contributed by atoms with E-state index >= 15 is 0 Å². The summed E-state index contributed by atoms with van der Waals surface area (Å²) >= 11 is 0. The van der Waals surface area contributed by atoms with Crippen LogP contribution < -0.4 is 14.4 Å². The molecule has 0 unspecified atom stereocenters. The number of ether oxygens (including phenoxy) is 2. The molecule has 0 saturated carbocycles. The lowest BCUT2D eigenvalue weighted by molar-refractivity contribution is 0.217. The molecule has 0 aliphatic rings. The molecule has 0 aromatic heterocycles. The number of nitrogens with zero attached hydrogens (tertiary/aromatic N) is 3. The maximum absolute atomic E-state index is 9.13. The summed E-state index contributed by atoms with van der Waals surface area (Å²) < 4.78 is 11.2. The van der Waals surface area contributed by atoms with E-state index in [9.17, 15) is 0 Å². The highest BCUT2D eigenvalue weighted by Gasteiger charge is 2.08. The van der Waals surface area contributed by atoms with Gasteiger partial charge < -0.3 is 14.4 Å². The molecule has 0 bridgehead atoms. The predicted molar refractivity (Wildman–Crippen MR) is 87.6 cm³/mol. The van der Waals surface area contributed by atoms with Crippen molar-refractivity contribution in [2.24, 2.45) is 0 Å². The summed E-state index contributed by atoms with van der Waals surface area (Å²) in [6.45, 7) is 0.633. The highest BCUT2D eigenvalue weighted by atomic mass is 16.5. The maximum atomic E-state index is 9.13. The zero-order chi connectivity index (χ0) is 16.7. The Morgan fingerprint density at radius 2 is 1.70 bits per heavy atom. The minimum atomic E-state index is 0.254. The second-order valence-electron chi connectivity index (χ2n) is 4.99. The Morgan fingerprint density at radius 3 is 2.39 bits per heavy atom. The van der Waals surface area contributed by atoms with Gasteiger partial charge in [-0.3, -0.25) is 0 Å². The van der Waals surface area contributed by atoms with E-state index in [4.69, 9.17) is 20.0 Å². The standard InChI is InChI=1S/C18H17N3O2/c1-21(2)15-6-4-7-16(11-15)22-9-10-23-18-8-3-5-14(12-19)17(18)13-20/h3-8,11H,9-10H2,1-2H3. The Labute approximate surface area is 135 Å². The lowest BCUT2D eigenvalue weighted by atomic mass is 10.1. The van der Waals surface area contributed by atoms with Crippen LogP contribution in [0.3, 0.4) is 0 Å². The molecule has 5 heteroatoms. The summed E-state index contributed by atoms with van der Waals surface area (Å²) in [6.07, 6.45) is 0. The van der Waals surface area contributed by atoms with Crippen LogP contribution in [-0.4, -0.2) is 27.3 Å². The Morgan fingerprint density at radius 1 is 0.957 bits per heavy atom. The molecule has 0 radical (unpaired) electrons. The first-order valence-electron chi connectivity index (χ1n) is 7.12. The predicted octanol–water partition coefficient (Wildman–Crippen LogP) is 2.95. The molecule has 2 rings (SSSR count). The highest BCUT2D eigenvalue weighted by molar-refractivity contribution is 5.53. The van der Waals surface area contributed by atoms with Gasteiger partial charge in [-0.1, -0.05) is 12.1 Å². The molecule has 2 aromatic rings. The largest absolute Gasteiger partial charge is 0.490 e. The Kier molecular flexibility index (Phi) is 5.44. The zero-order valence-electron chi connectivity index (χ0n) is 13.1. The fraction of sp³-hybridized carbons (Fsp3) is 0.222. The summed E-state index contributed by atoms with van der Waals surface area (Å²) in [6, 6.07) is 16.7. The second kappa shape index (κ2) is 7.72. The van der Waals surface area contributed by atoms with E-state index < -0.39 is 0 Å². The highest BCUT2D eigenvalue weighted by Crippen LogP contribution is 2.22. The average Bonchev–Trinajstić information content (AvgIpc) is 2.58. The van der Waals surface area contributed by atoms with Crippen molar-refractivity contribution in [1.29, 1.82) is 10.5 Å². The van der Waals surface area contributed by atoms with E-state index in [0.717, 1.165) is 11.4 Å². The van der Waals surface area contributed by atoms with E-state index in [0.29, 0.717) is 17.9 Å². The third-order valence-corrected chi connectivity index (χ3v) is 3.20. The van der Waals surface area contributed by atoms with Gasteiger partial charge in [0.15, 0.2) is 0 Å². The van der Waals surface area contributed by atoms with Crippen molar-refractivity contribution in [1.82, 2.24) is 0 Å². The van der Waals surface area contributed by atoms with Crippen molar-refractivity contribution in [3.63, 3.8) is 0 Å². The topological polar surface area (TPSA) is 69.3 Å². The summed E-state index contributed by atoms with van der Waals surface area (Å²) in [4.78, 5) is 2.00. The second-order valence-corrected chi connectivity index (χ2v) is 4.99. The third kappa shape index (κ3) is 4.15. The van der Waals surface area contributed by atoms with E-state index in [-0.39, 0.29) is 12.2 Å². The van der Waals surface area contributed by atoms with Gasteiger partial charge in [0.25, 0.3) is 0 Å². The monoisotopic (exact) mass is 307 g/mol. The molecule has 0 aliphatic heterocycles. The Balaban J connectivity index is 1.93. The van der Waals surface area contributed by atoms with Gasteiger partial charge in [0.2, 0.25) is 0 Å². The van der Waals surface area contributed by atoms with Gasteiger partial charge in [-0.05, 0) is 24.3 Å². The number of hydrogen-bond donors (Lipinski definition) is 0. The molecule has 0 fully saturated rings. The summed E-state index contributed by atoms with van der Waals surface area (Å²) in [5, 5.41) is 18.1. The van der Waals surface area contributed by atoms with E-state index in [1.807, 2.05) is 55.4 Å². The Hall–Kier alpha value is -3.18. The third-order valence-electron chi connectivity index (χ3n) is 3.20. The van der Waals surface area contributed by atoms with Gasteiger partial charge >= 0.3 is 0 Å². The molecular formula is C18H17N3O2. The zero-order valence-corrected chi connectivity index (χ0v) is 13.1. The van der Waals surface area contributed by atoms with Crippen LogP contribution in [0.15, 0.2) is 42.5 Å². The fourth-order valence-electron chi connectivity index (χ4n) is 2.02. The molecule has 5 nitrogen and oxygen atoms in total. The molecule has 0 atom stereocenters. The minimum absolute atomic E-state index is 0.254. The normalized spacial score (nSPS) is 9.57. The van der Waals surface area contributed by atoms with Crippen molar-refractivity contribution < 1.29 is 9.47 Å². The number of nitriles is 2. The molecule has 0 aliphatic carbocycles. The first-order valence-corrected chi connectivity index (χ1v) is 7.12. The molecule has 116 valence electrons. The fourth-order valence-corrected chi connectivity index (χ4v) is 2.02. The smallest absolute Gasteiger partial charge is 0.138 e. The molecule has 2 aromatic carbocycles. The van der Waals surface area contributed by atoms with Crippen molar-refractivity contribution in [3.8, 4) is 23.6 Å². The van der Waals surface area contributed by atoms with Crippen LogP contribution in [0, 0.1) is 22.7 Å². The van der Waals surface area contributed by atoms with Crippen LogP contribution in [0.2, 0.25) is 0 Å². The molecule has 0 N–H and O–H groups in total. The number of hydrogen-bond acceptors (Lipinski definition) is 5. The van der Waals surface area contributed by atoms with Crippen molar-refractivity contribution in [2.75, 3.05) is 32.2 Å². The van der Waals surface area contributed by atoms with E-state index in [1.54, 1.807) is 18.2 Å². The number of rotatable bonds is 6. The first-order chi connectivity index (χ1) is 11.2. The molecule has 0 saturated heterocycles. The van der Waals surface area contributed by atoms with Crippen LogP contribution in [0.25, 0.3) is 0 Å². The minimum Gasteiger partial charge on any atom is -0.490 e. The van der Waals surface area contributed by atoms with Gasteiger partial charge in [0.1, 0.15) is 42.4 Å². The van der Waals surface area contributed by atoms with Gasteiger partial charge in [0, 0.05) is 25.8 Å². The average molecular weight is 307 g/mol. The van der Waals surface area contributed by atoms with Gasteiger partial charge in [0.05, 0.1) is 5.56 Å². The van der Waals surface area contributed by atoms with Crippen LogP contribution in [0.1, 0.15) is 11.1 Å². The van der Waals surface area contributed by atoms with Crippen molar-refractivity contribution >= 4 is 5.69 Å². The SMILES string of the molecule is CN(C)c1cccc(OCCOc2cccc(C#N)c2C#N)c1. The van der Waals surface area contributed by atoms with Crippen LogP contribution >= 0.6 is 0 Å². The number of benzene rings is 2. The molecule has 23 heavy (non-hydrogen) atoms. The molecule has 0 spiro atoms. The van der Waals surface area contributed by atoms with Crippen LogP contribution in [0.4, 0.5) is 5.69 Å². The summed E-state index contributed by atoms with van der Waals surface area (Å²) in [7, 11) is 3.93. The van der Waals surface area contributed by atoms with Crippen molar-refractivity contribution in [3.05, 3.63) is 53.6 Å². The van der Waals surface area contributed by atoms with Crippen molar-refractivity contribution in [2.45, 2.75) is 0 Å². The lowest BCUT2D eigenvalue weighted by Crippen LogP contribution is -2.11. The lowest BCUT2D eigenvalue weighted by Gasteiger charge is -2.14. The number of anilines is 1. The molecule has 0 heterocycles. The van der Waals surface area contributed by atoms with E-state index in [2.05, 4.69) is 0 Å².